The second-order valence-electron chi connectivity index (χ2n) is 6.39. The van der Waals surface area contributed by atoms with Crippen LogP contribution in [0.2, 0.25) is 0 Å². The first-order valence-corrected chi connectivity index (χ1v) is 8.57. The van der Waals surface area contributed by atoms with Crippen LogP contribution in [0.3, 0.4) is 0 Å². The number of fused-ring (bicyclic) bond motifs is 1. The summed E-state index contributed by atoms with van der Waals surface area (Å²) in [5, 5.41) is 3.74. The number of ether oxygens (including phenoxy) is 2. The maximum atomic E-state index is 6.24. The SMILES string of the molecule is CCC(N)CN1CC(CC)(CC)Nc2cc(OC)c(OC)cc21. The fourth-order valence-electron chi connectivity index (χ4n) is 3.23. The summed E-state index contributed by atoms with van der Waals surface area (Å²) < 4.78 is 10.9. The van der Waals surface area contributed by atoms with Crippen molar-refractivity contribution < 1.29 is 9.47 Å². The topological polar surface area (TPSA) is 59.8 Å². The van der Waals surface area contributed by atoms with Gasteiger partial charge in [-0.05, 0) is 19.3 Å². The summed E-state index contributed by atoms with van der Waals surface area (Å²) in [5.41, 5.74) is 8.55. The third-order valence-electron chi connectivity index (χ3n) is 5.07. The highest BCUT2D eigenvalue weighted by molar-refractivity contribution is 5.78. The minimum Gasteiger partial charge on any atom is -0.493 e. The maximum Gasteiger partial charge on any atom is 0.162 e. The van der Waals surface area contributed by atoms with Crippen LogP contribution >= 0.6 is 0 Å². The number of hydrogen-bond acceptors (Lipinski definition) is 5. The van der Waals surface area contributed by atoms with Crippen LogP contribution in [0.5, 0.6) is 11.5 Å². The number of rotatable bonds is 7. The van der Waals surface area contributed by atoms with Gasteiger partial charge in [-0.25, -0.2) is 0 Å². The van der Waals surface area contributed by atoms with Gasteiger partial charge >= 0.3 is 0 Å². The lowest BCUT2D eigenvalue weighted by molar-refractivity contribution is 0.353. The molecule has 1 unspecified atom stereocenters. The molecule has 1 heterocycles. The predicted molar refractivity (Wildman–Crippen MR) is 97.0 cm³/mol. The third kappa shape index (κ3) is 3.50. The Kier molecular flexibility index (Phi) is 5.63. The normalized spacial score (nSPS) is 17.2. The van der Waals surface area contributed by atoms with Gasteiger partial charge in [0, 0.05) is 31.3 Å². The van der Waals surface area contributed by atoms with Gasteiger partial charge < -0.3 is 25.4 Å². The molecule has 3 N–H and O–H groups in total. The molecule has 1 aromatic rings. The first-order chi connectivity index (χ1) is 11.0. The van der Waals surface area contributed by atoms with E-state index in [0.29, 0.717) is 0 Å². The largest absolute Gasteiger partial charge is 0.493 e. The van der Waals surface area contributed by atoms with Crippen LogP contribution in [0.15, 0.2) is 12.1 Å². The molecule has 23 heavy (non-hydrogen) atoms. The summed E-state index contributed by atoms with van der Waals surface area (Å²) in [4.78, 5) is 2.40. The second-order valence-corrected chi connectivity index (χ2v) is 6.39. The van der Waals surface area contributed by atoms with Crippen LogP contribution < -0.4 is 25.4 Å². The maximum absolute atomic E-state index is 6.24. The van der Waals surface area contributed by atoms with Crippen LogP contribution in [0.1, 0.15) is 40.0 Å². The monoisotopic (exact) mass is 321 g/mol. The molecule has 0 aromatic heterocycles. The molecule has 0 saturated carbocycles. The quantitative estimate of drug-likeness (QED) is 0.807. The molecule has 0 saturated heterocycles. The zero-order valence-electron chi connectivity index (χ0n) is 15.1. The van der Waals surface area contributed by atoms with Gasteiger partial charge in [-0.3, -0.25) is 0 Å². The smallest absolute Gasteiger partial charge is 0.162 e. The Hall–Kier alpha value is -1.62. The van der Waals surface area contributed by atoms with Crippen LogP contribution in [0.4, 0.5) is 11.4 Å². The number of nitrogens with one attached hydrogen (secondary N) is 1. The molecular weight excluding hydrogens is 290 g/mol. The van der Waals surface area contributed by atoms with E-state index in [1.54, 1.807) is 14.2 Å². The molecule has 1 aliphatic heterocycles. The summed E-state index contributed by atoms with van der Waals surface area (Å²) in [6.07, 6.45) is 3.10. The highest BCUT2D eigenvalue weighted by atomic mass is 16.5. The van der Waals surface area contributed by atoms with Crippen molar-refractivity contribution >= 4 is 11.4 Å². The number of nitrogens with two attached hydrogens (primary N) is 1. The van der Waals surface area contributed by atoms with Gasteiger partial charge in [0.15, 0.2) is 11.5 Å². The molecule has 2 rings (SSSR count). The third-order valence-corrected chi connectivity index (χ3v) is 5.07. The summed E-state index contributed by atoms with van der Waals surface area (Å²) in [6, 6.07) is 4.26. The minimum atomic E-state index is 0.0695. The van der Waals surface area contributed by atoms with Gasteiger partial charge in [-0.2, -0.15) is 0 Å². The summed E-state index contributed by atoms with van der Waals surface area (Å²) >= 11 is 0. The van der Waals surface area contributed by atoms with Crippen LogP contribution in [-0.4, -0.2) is 38.9 Å². The number of anilines is 2. The molecule has 0 bridgehead atoms. The van der Waals surface area contributed by atoms with Crippen molar-refractivity contribution in [3.05, 3.63) is 12.1 Å². The van der Waals surface area contributed by atoms with Crippen LogP contribution in [-0.2, 0) is 0 Å². The molecule has 1 aliphatic rings. The molecule has 5 nitrogen and oxygen atoms in total. The lowest BCUT2D eigenvalue weighted by atomic mass is 9.88. The molecule has 0 amide bonds. The van der Waals surface area contributed by atoms with Gasteiger partial charge in [0.1, 0.15) is 0 Å². The minimum absolute atomic E-state index is 0.0695. The molecule has 0 radical (unpaired) electrons. The Morgan fingerprint density at radius 1 is 1.17 bits per heavy atom. The van der Waals surface area contributed by atoms with E-state index in [1.807, 2.05) is 6.07 Å². The van der Waals surface area contributed by atoms with E-state index < -0.39 is 0 Å². The lowest BCUT2D eigenvalue weighted by Gasteiger charge is -2.46. The standard InChI is InChI=1S/C18H31N3O2/c1-6-13(19)11-21-12-18(7-2,8-3)20-14-9-16(22-4)17(23-5)10-15(14)21/h9-10,13,20H,6-8,11-12,19H2,1-5H3. The molecule has 0 aliphatic carbocycles. The zero-order chi connectivity index (χ0) is 17.0. The number of methoxy groups -OCH3 is 2. The summed E-state index contributed by atoms with van der Waals surface area (Å²) in [6.45, 7) is 8.41. The van der Waals surface area contributed by atoms with E-state index in [0.717, 1.165) is 55.2 Å². The number of benzene rings is 1. The molecule has 1 aromatic carbocycles. The van der Waals surface area contributed by atoms with E-state index in [-0.39, 0.29) is 11.6 Å². The Morgan fingerprint density at radius 2 is 1.78 bits per heavy atom. The van der Waals surface area contributed by atoms with Gasteiger partial charge in [0.2, 0.25) is 0 Å². The first-order valence-electron chi connectivity index (χ1n) is 8.57. The van der Waals surface area contributed by atoms with Crippen molar-refractivity contribution in [1.29, 1.82) is 0 Å². The van der Waals surface area contributed by atoms with Gasteiger partial charge in [0.05, 0.1) is 31.1 Å². The lowest BCUT2D eigenvalue weighted by Crippen LogP contribution is -2.54. The fourth-order valence-corrected chi connectivity index (χ4v) is 3.23. The van der Waals surface area contributed by atoms with Gasteiger partial charge in [-0.1, -0.05) is 20.8 Å². The van der Waals surface area contributed by atoms with Crippen molar-refractivity contribution in [1.82, 2.24) is 0 Å². The highest BCUT2D eigenvalue weighted by Gasteiger charge is 2.35. The molecule has 1 atom stereocenters. The van der Waals surface area contributed by atoms with Crippen LogP contribution in [0, 0.1) is 0 Å². The highest BCUT2D eigenvalue weighted by Crippen LogP contribution is 2.43. The second kappa shape index (κ2) is 7.30. The van der Waals surface area contributed by atoms with E-state index in [1.165, 1.54) is 0 Å². The van der Waals surface area contributed by atoms with E-state index in [9.17, 15) is 0 Å². The molecule has 0 spiro atoms. The Morgan fingerprint density at radius 3 is 2.30 bits per heavy atom. The van der Waals surface area contributed by atoms with E-state index in [2.05, 4.69) is 37.1 Å². The molecule has 130 valence electrons. The van der Waals surface area contributed by atoms with E-state index in [4.69, 9.17) is 15.2 Å². The van der Waals surface area contributed by atoms with Crippen LogP contribution in [0.25, 0.3) is 0 Å². The van der Waals surface area contributed by atoms with Crippen molar-refractivity contribution in [3.8, 4) is 11.5 Å². The summed E-state index contributed by atoms with van der Waals surface area (Å²) in [7, 11) is 3.34. The van der Waals surface area contributed by atoms with E-state index >= 15 is 0 Å². The molecular formula is C18H31N3O2. The predicted octanol–water partition coefficient (Wildman–Crippen LogP) is 3.23. The van der Waals surface area contributed by atoms with Crippen molar-refractivity contribution in [3.63, 3.8) is 0 Å². The van der Waals surface area contributed by atoms with Gasteiger partial charge in [0.25, 0.3) is 0 Å². The number of nitrogens with zero attached hydrogens (tertiary/aromatic N) is 1. The molecule has 0 fully saturated rings. The van der Waals surface area contributed by atoms with Crippen molar-refractivity contribution in [2.45, 2.75) is 51.6 Å². The molecule has 5 heteroatoms. The Labute approximate surface area is 140 Å². The average Bonchev–Trinajstić information content (AvgIpc) is 2.59. The Balaban J connectivity index is 2.47. The number of hydrogen-bond donors (Lipinski definition) is 2. The Bertz CT molecular complexity index is 529. The zero-order valence-corrected chi connectivity index (χ0v) is 15.1. The van der Waals surface area contributed by atoms with Crippen molar-refractivity contribution in [2.24, 2.45) is 5.73 Å². The summed E-state index contributed by atoms with van der Waals surface area (Å²) in [5.74, 6) is 1.50. The average molecular weight is 321 g/mol. The fraction of sp³-hybridized carbons (Fsp3) is 0.667. The first kappa shape index (κ1) is 17.7. The van der Waals surface area contributed by atoms with Gasteiger partial charge in [-0.15, -0.1) is 0 Å². The van der Waals surface area contributed by atoms with Crippen molar-refractivity contribution in [2.75, 3.05) is 37.5 Å².